The number of nitrogens with zero attached hydrogens (tertiary/aromatic N) is 1. The van der Waals surface area contributed by atoms with Crippen LogP contribution in [0.2, 0.25) is 0 Å². The summed E-state index contributed by atoms with van der Waals surface area (Å²) in [6.45, 7) is 2.96. The fourth-order valence-electron chi connectivity index (χ4n) is 2.90. The first-order valence-electron chi connectivity index (χ1n) is 6.63. The van der Waals surface area contributed by atoms with Crippen LogP contribution in [-0.2, 0) is 9.59 Å². The Kier molecular flexibility index (Phi) is 3.61. The van der Waals surface area contributed by atoms with Crippen LogP contribution in [0.4, 0.5) is 0 Å². The molecule has 2 fully saturated rings. The Balaban J connectivity index is 1.88. The van der Waals surface area contributed by atoms with E-state index in [2.05, 4.69) is 0 Å². The Morgan fingerprint density at radius 1 is 1.17 bits per heavy atom. The number of carbonyl (C=O) groups excluding carboxylic acids is 1. The van der Waals surface area contributed by atoms with E-state index in [4.69, 9.17) is 5.11 Å². The van der Waals surface area contributed by atoms with Gasteiger partial charge in [-0.2, -0.15) is 0 Å². The van der Waals surface area contributed by atoms with Crippen molar-refractivity contribution in [2.24, 2.45) is 11.8 Å². The molecule has 0 aromatic carbocycles. The van der Waals surface area contributed by atoms with E-state index >= 15 is 0 Å². The number of carboxylic acids is 1. The molecule has 0 aromatic heterocycles. The standard InChI is InChI=1S/C13H21NO4/c1-13(18)4-6-14(7-5-13)11(15)9-2-3-10(8-9)12(16)17/h9-10,18H,2-8H2,1H3,(H,16,17)/t9-,10+/m1/s1. The van der Waals surface area contributed by atoms with Crippen molar-refractivity contribution >= 4 is 11.9 Å². The molecule has 0 spiro atoms. The first kappa shape index (κ1) is 13.3. The van der Waals surface area contributed by atoms with Gasteiger partial charge in [-0.15, -0.1) is 0 Å². The Bertz CT molecular complexity index is 343. The van der Waals surface area contributed by atoms with Crippen LogP contribution in [0.15, 0.2) is 0 Å². The van der Waals surface area contributed by atoms with Crippen LogP contribution in [-0.4, -0.2) is 45.7 Å². The van der Waals surface area contributed by atoms with Crippen LogP contribution < -0.4 is 0 Å². The van der Waals surface area contributed by atoms with Gasteiger partial charge in [0.1, 0.15) is 0 Å². The number of aliphatic carboxylic acids is 1. The van der Waals surface area contributed by atoms with Gasteiger partial charge in [0.25, 0.3) is 0 Å². The summed E-state index contributed by atoms with van der Waals surface area (Å²) in [4.78, 5) is 24.9. The second-order valence-electron chi connectivity index (χ2n) is 5.87. The highest BCUT2D eigenvalue weighted by atomic mass is 16.4. The summed E-state index contributed by atoms with van der Waals surface area (Å²) < 4.78 is 0. The maximum atomic E-state index is 12.2. The van der Waals surface area contributed by atoms with E-state index in [0.717, 1.165) is 0 Å². The summed E-state index contributed by atoms with van der Waals surface area (Å²) in [7, 11) is 0. The van der Waals surface area contributed by atoms with Crippen LogP contribution in [0.3, 0.4) is 0 Å². The molecule has 0 radical (unpaired) electrons. The van der Waals surface area contributed by atoms with E-state index < -0.39 is 11.6 Å². The molecule has 102 valence electrons. The number of hydrogen-bond acceptors (Lipinski definition) is 3. The maximum absolute atomic E-state index is 12.2. The van der Waals surface area contributed by atoms with E-state index in [-0.39, 0.29) is 17.7 Å². The highest BCUT2D eigenvalue weighted by Gasteiger charge is 2.38. The smallest absolute Gasteiger partial charge is 0.306 e. The third-order valence-corrected chi connectivity index (χ3v) is 4.28. The molecule has 1 saturated heterocycles. The zero-order valence-electron chi connectivity index (χ0n) is 10.8. The van der Waals surface area contributed by atoms with Crippen LogP contribution >= 0.6 is 0 Å². The number of hydrogen-bond donors (Lipinski definition) is 2. The molecule has 2 N–H and O–H groups in total. The molecule has 1 aliphatic heterocycles. The summed E-state index contributed by atoms with van der Waals surface area (Å²) >= 11 is 0. The van der Waals surface area contributed by atoms with Crippen LogP contribution in [0.25, 0.3) is 0 Å². The molecule has 18 heavy (non-hydrogen) atoms. The zero-order chi connectivity index (χ0) is 13.3. The van der Waals surface area contributed by atoms with E-state index in [1.54, 1.807) is 11.8 Å². The third kappa shape index (κ3) is 2.83. The molecule has 0 unspecified atom stereocenters. The Morgan fingerprint density at radius 2 is 1.72 bits per heavy atom. The molecule has 2 aliphatic rings. The van der Waals surface area contributed by atoms with Crippen molar-refractivity contribution < 1.29 is 19.8 Å². The molecular formula is C13H21NO4. The topological polar surface area (TPSA) is 77.8 Å². The summed E-state index contributed by atoms with van der Waals surface area (Å²) in [5.74, 6) is -1.19. The molecular weight excluding hydrogens is 234 g/mol. The molecule has 1 saturated carbocycles. The van der Waals surface area contributed by atoms with Gasteiger partial charge in [-0.05, 0) is 39.0 Å². The molecule has 0 aromatic rings. The summed E-state index contributed by atoms with van der Waals surface area (Å²) in [6.07, 6.45) is 2.97. The maximum Gasteiger partial charge on any atom is 0.306 e. The average Bonchev–Trinajstić information content (AvgIpc) is 2.77. The van der Waals surface area contributed by atoms with Crippen molar-refractivity contribution in [3.8, 4) is 0 Å². The quantitative estimate of drug-likeness (QED) is 0.767. The number of amides is 1. The van der Waals surface area contributed by atoms with E-state index in [0.29, 0.717) is 45.2 Å². The summed E-state index contributed by atoms with van der Waals surface area (Å²) in [5, 5.41) is 18.8. The number of rotatable bonds is 2. The number of piperidine rings is 1. The first-order valence-corrected chi connectivity index (χ1v) is 6.63. The highest BCUT2D eigenvalue weighted by molar-refractivity contribution is 5.81. The number of likely N-dealkylation sites (tertiary alicyclic amines) is 1. The zero-order valence-corrected chi connectivity index (χ0v) is 10.8. The number of carbonyl (C=O) groups is 2. The lowest BCUT2D eigenvalue weighted by molar-refractivity contribution is -0.142. The normalized spacial score (nSPS) is 31.3. The predicted molar refractivity (Wildman–Crippen MR) is 64.9 cm³/mol. The van der Waals surface area contributed by atoms with Crippen molar-refractivity contribution in [3.63, 3.8) is 0 Å². The summed E-state index contributed by atoms with van der Waals surface area (Å²) in [5.41, 5.74) is -0.657. The molecule has 5 nitrogen and oxygen atoms in total. The van der Waals surface area contributed by atoms with Gasteiger partial charge in [0.15, 0.2) is 0 Å². The first-order chi connectivity index (χ1) is 8.39. The largest absolute Gasteiger partial charge is 0.481 e. The number of aliphatic hydroxyl groups is 1. The van der Waals surface area contributed by atoms with Gasteiger partial charge in [0.05, 0.1) is 11.5 Å². The van der Waals surface area contributed by atoms with Gasteiger partial charge < -0.3 is 15.1 Å². The van der Waals surface area contributed by atoms with E-state index in [1.807, 2.05) is 0 Å². The van der Waals surface area contributed by atoms with Crippen molar-refractivity contribution in [2.75, 3.05) is 13.1 Å². The Morgan fingerprint density at radius 3 is 2.22 bits per heavy atom. The molecule has 1 amide bonds. The lowest BCUT2D eigenvalue weighted by Crippen LogP contribution is -2.46. The fraction of sp³-hybridized carbons (Fsp3) is 0.846. The van der Waals surface area contributed by atoms with Gasteiger partial charge in [-0.3, -0.25) is 9.59 Å². The Hall–Kier alpha value is -1.10. The third-order valence-electron chi connectivity index (χ3n) is 4.28. The highest BCUT2D eigenvalue weighted by Crippen LogP contribution is 2.33. The van der Waals surface area contributed by atoms with Crippen molar-refractivity contribution in [2.45, 2.75) is 44.6 Å². The van der Waals surface area contributed by atoms with Gasteiger partial charge in [0, 0.05) is 19.0 Å². The van der Waals surface area contributed by atoms with Gasteiger partial charge in [-0.1, -0.05) is 0 Å². The molecule has 2 rings (SSSR count). The Labute approximate surface area is 107 Å². The minimum absolute atomic E-state index is 0.0780. The second kappa shape index (κ2) is 4.88. The van der Waals surface area contributed by atoms with Gasteiger partial charge in [-0.25, -0.2) is 0 Å². The molecule has 1 heterocycles. The van der Waals surface area contributed by atoms with Crippen molar-refractivity contribution in [1.29, 1.82) is 0 Å². The average molecular weight is 255 g/mol. The number of carboxylic acid groups (broad SMARTS) is 1. The molecule has 1 aliphatic carbocycles. The van der Waals surface area contributed by atoms with Crippen molar-refractivity contribution in [3.05, 3.63) is 0 Å². The molecule has 5 heteroatoms. The fourth-order valence-corrected chi connectivity index (χ4v) is 2.90. The van der Waals surface area contributed by atoms with Crippen LogP contribution in [0.5, 0.6) is 0 Å². The minimum Gasteiger partial charge on any atom is -0.481 e. The lowest BCUT2D eigenvalue weighted by atomic mass is 9.92. The SMILES string of the molecule is CC1(O)CCN(C(=O)[C@@H]2CC[C@H](C(=O)O)C2)CC1. The minimum atomic E-state index is -0.785. The molecule has 2 atom stereocenters. The van der Waals surface area contributed by atoms with Crippen LogP contribution in [0, 0.1) is 11.8 Å². The van der Waals surface area contributed by atoms with Crippen LogP contribution in [0.1, 0.15) is 39.0 Å². The lowest BCUT2D eigenvalue weighted by Gasteiger charge is -2.37. The van der Waals surface area contributed by atoms with Gasteiger partial charge in [0.2, 0.25) is 5.91 Å². The predicted octanol–water partition coefficient (Wildman–Crippen LogP) is 0.861. The molecule has 0 bridgehead atoms. The van der Waals surface area contributed by atoms with E-state index in [1.165, 1.54) is 0 Å². The summed E-state index contributed by atoms with van der Waals surface area (Å²) in [6, 6.07) is 0. The second-order valence-corrected chi connectivity index (χ2v) is 5.87. The monoisotopic (exact) mass is 255 g/mol. The van der Waals surface area contributed by atoms with E-state index in [9.17, 15) is 14.7 Å². The van der Waals surface area contributed by atoms with Crippen molar-refractivity contribution in [1.82, 2.24) is 4.90 Å². The van der Waals surface area contributed by atoms with Gasteiger partial charge >= 0.3 is 5.97 Å².